The van der Waals surface area contributed by atoms with E-state index >= 15 is 0 Å². The van der Waals surface area contributed by atoms with Crippen LogP contribution in [0, 0.1) is 28.6 Å². The number of carboxylic acid groups (broad SMARTS) is 1. The second-order valence-corrected chi connectivity index (χ2v) is 8.63. The van der Waals surface area contributed by atoms with E-state index in [9.17, 15) is 14.7 Å². The van der Waals surface area contributed by atoms with Gasteiger partial charge in [-0.1, -0.05) is 25.8 Å². The van der Waals surface area contributed by atoms with Crippen molar-refractivity contribution < 1.29 is 19.4 Å². The third-order valence-corrected chi connectivity index (χ3v) is 7.50. The molecule has 0 aromatic heterocycles. The third kappa shape index (κ3) is 2.33. The summed E-state index contributed by atoms with van der Waals surface area (Å²) in [4.78, 5) is 24.4. The van der Waals surface area contributed by atoms with Gasteiger partial charge in [-0.05, 0) is 68.6 Å². The first-order valence-electron chi connectivity index (χ1n) is 9.30. The lowest BCUT2D eigenvalue weighted by molar-refractivity contribution is -0.168. The molecule has 0 amide bonds. The minimum atomic E-state index is -0.740. The second kappa shape index (κ2) is 5.89. The van der Waals surface area contributed by atoms with E-state index in [2.05, 4.69) is 13.8 Å². The summed E-state index contributed by atoms with van der Waals surface area (Å²) in [6.45, 7) is 6.41. The second-order valence-electron chi connectivity index (χ2n) is 8.63. The summed E-state index contributed by atoms with van der Waals surface area (Å²) < 4.78 is 5.15. The SMILES string of the molecule is COC(=O)C1(C)CCCC2(C)C3CCC(C)C(C(=O)O)=C3CCC12. The third-order valence-electron chi connectivity index (χ3n) is 7.50. The number of allylic oxidation sites excluding steroid dienone is 1. The molecule has 3 aliphatic carbocycles. The molecule has 0 aliphatic heterocycles. The number of ether oxygens (including phenoxy) is 1. The number of carbonyl (C=O) groups excluding carboxylic acids is 1. The number of carboxylic acids is 1. The molecule has 3 aliphatic rings. The van der Waals surface area contributed by atoms with E-state index in [0.29, 0.717) is 11.5 Å². The molecule has 1 N–H and O–H groups in total. The Hall–Kier alpha value is -1.32. The normalized spacial score (nSPS) is 42.1. The molecule has 0 aromatic carbocycles. The summed E-state index contributed by atoms with van der Waals surface area (Å²) in [6, 6.07) is 0. The van der Waals surface area contributed by atoms with Crippen molar-refractivity contribution in [3.63, 3.8) is 0 Å². The van der Waals surface area contributed by atoms with Crippen LogP contribution < -0.4 is 0 Å². The fraction of sp³-hybridized carbons (Fsp3) is 0.800. The highest BCUT2D eigenvalue weighted by atomic mass is 16.5. The van der Waals surface area contributed by atoms with Crippen LogP contribution in [0.5, 0.6) is 0 Å². The van der Waals surface area contributed by atoms with Crippen LogP contribution in [0.4, 0.5) is 0 Å². The van der Waals surface area contributed by atoms with E-state index in [0.717, 1.165) is 44.9 Å². The molecule has 4 heteroatoms. The zero-order chi connectivity index (χ0) is 17.7. The molecule has 0 heterocycles. The average Bonchev–Trinajstić information content (AvgIpc) is 2.52. The molecule has 24 heavy (non-hydrogen) atoms. The minimum absolute atomic E-state index is 0.00954. The van der Waals surface area contributed by atoms with Crippen LogP contribution in [-0.2, 0) is 14.3 Å². The van der Waals surface area contributed by atoms with Crippen LogP contribution in [0.15, 0.2) is 11.1 Å². The van der Waals surface area contributed by atoms with Gasteiger partial charge in [-0.15, -0.1) is 0 Å². The van der Waals surface area contributed by atoms with Crippen LogP contribution in [0.2, 0.25) is 0 Å². The van der Waals surface area contributed by atoms with E-state index in [4.69, 9.17) is 4.74 Å². The summed E-state index contributed by atoms with van der Waals surface area (Å²) in [5, 5.41) is 9.72. The fourth-order valence-electron chi connectivity index (χ4n) is 6.38. The fourth-order valence-corrected chi connectivity index (χ4v) is 6.38. The lowest BCUT2D eigenvalue weighted by Crippen LogP contribution is -2.54. The molecule has 3 rings (SSSR count). The Morgan fingerprint density at radius 1 is 1.17 bits per heavy atom. The molecule has 0 radical (unpaired) electrons. The first kappa shape index (κ1) is 17.5. The van der Waals surface area contributed by atoms with Gasteiger partial charge >= 0.3 is 11.9 Å². The molecule has 0 saturated heterocycles. The number of aliphatic carboxylic acids is 1. The predicted octanol–water partition coefficient (Wildman–Crippen LogP) is 4.19. The lowest BCUT2D eigenvalue weighted by Gasteiger charge is -2.59. The van der Waals surface area contributed by atoms with E-state index < -0.39 is 11.4 Å². The summed E-state index contributed by atoms with van der Waals surface area (Å²) in [5.41, 5.74) is 1.42. The Kier molecular flexibility index (Phi) is 4.29. The Labute approximate surface area is 144 Å². The number of hydrogen-bond donors (Lipinski definition) is 1. The maximum atomic E-state index is 12.5. The van der Waals surface area contributed by atoms with Crippen molar-refractivity contribution in [2.45, 2.75) is 65.7 Å². The summed E-state index contributed by atoms with van der Waals surface area (Å²) in [7, 11) is 1.48. The molecule has 134 valence electrons. The van der Waals surface area contributed by atoms with Crippen molar-refractivity contribution in [2.75, 3.05) is 7.11 Å². The van der Waals surface area contributed by atoms with E-state index in [1.807, 2.05) is 6.92 Å². The first-order valence-corrected chi connectivity index (χ1v) is 9.30. The monoisotopic (exact) mass is 334 g/mol. The molecule has 5 atom stereocenters. The molecule has 0 spiro atoms. The van der Waals surface area contributed by atoms with Crippen molar-refractivity contribution in [3.05, 3.63) is 11.1 Å². The molecule has 2 saturated carbocycles. The Balaban J connectivity index is 2.05. The lowest BCUT2D eigenvalue weighted by atomic mass is 9.45. The standard InChI is InChI=1S/C20H30O4/c1-12-6-8-14-13(16(12)17(21)22)7-9-15-19(14,2)10-5-11-20(15,3)18(23)24-4/h12,14-15H,5-11H2,1-4H3,(H,21,22). The average molecular weight is 334 g/mol. The maximum absolute atomic E-state index is 12.5. The summed E-state index contributed by atoms with van der Waals surface area (Å²) in [6.07, 6.45) is 6.69. The van der Waals surface area contributed by atoms with Crippen molar-refractivity contribution >= 4 is 11.9 Å². The maximum Gasteiger partial charge on any atom is 0.331 e. The van der Waals surface area contributed by atoms with Gasteiger partial charge < -0.3 is 9.84 Å². The van der Waals surface area contributed by atoms with Crippen LogP contribution >= 0.6 is 0 Å². The van der Waals surface area contributed by atoms with Gasteiger partial charge in [0.15, 0.2) is 0 Å². The van der Waals surface area contributed by atoms with Crippen molar-refractivity contribution in [3.8, 4) is 0 Å². The molecular weight excluding hydrogens is 304 g/mol. The predicted molar refractivity (Wildman–Crippen MR) is 91.4 cm³/mol. The van der Waals surface area contributed by atoms with Crippen LogP contribution in [0.3, 0.4) is 0 Å². The van der Waals surface area contributed by atoms with Gasteiger partial charge in [0, 0.05) is 5.57 Å². The Bertz CT molecular complexity index is 592. The topological polar surface area (TPSA) is 63.6 Å². The van der Waals surface area contributed by atoms with Gasteiger partial charge in [0.25, 0.3) is 0 Å². The number of carbonyl (C=O) groups is 2. The highest BCUT2D eigenvalue weighted by molar-refractivity contribution is 5.88. The largest absolute Gasteiger partial charge is 0.478 e. The van der Waals surface area contributed by atoms with E-state index in [1.165, 1.54) is 12.7 Å². The Morgan fingerprint density at radius 2 is 1.88 bits per heavy atom. The van der Waals surface area contributed by atoms with Crippen molar-refractivity contribution in [1.29, 1.82) is 0 Å². The Morgan fingerprint density at radius 3 is 2.50 bits per heavy atom. The van der Waals surface area contributed by atoms with Crippen molar-refractivity contribution in [2.24, 2.45) is 28.6 Å². The number of rotatable bonds is 2. The van der Waals surface area contributed by atoms with Crippen LogP contribution in [-0.4, -0.2) is 24.2 Å². The van der Waals surface area contributed by atoms with Crippen LogP contribution in [0.25, 0.3) is 0 Å². The van der Waals surface area contributed by atoms with Crippen molar-refractivity contribution in [1.82, 2.24) is 0 Å². The molecule has 2 fully saturated rings. The zero-order valence-corrected chi connectivity index (χ0v) is 15.4. The molecule has 0 bridgehead atoms. The van der Waals surface area contributed by atoms with E-state index in [-0.39, 0.29) is 23.2 Å². The highest BCUT2D eigenvalue weighted by Crippen LogP contribution is 2.64. The molecular formula is C20H30O4. The smallest absolute Gasteiger partial charge is 0.331 e. The van der Waals surface area contributed by atoms with Gasteiger partial charge in [-0.3, -0.25) is 4.79 Å². The number of fused-ring (bicyclic) bond motifs is 3. The van der Waals surface area contributed by atoms with Gasteiger partial charge in [0.2, 0.25) is 0 Å². The van der Waals surface area contributed by atoms with Gasteiger partial charge in [-0.25, -0.2) is 4.79 Å². The quantitative estimate of drug-likeness (QED) is 0.769. The number of hydrogen-bond acceptors (Lipinski definition) is 3. The number of methoxy groups -OCH3 is 1. The van der Waals surface area contributed by atoms with Crippen LogP contribution in [0.1, 0.15) is 65.7 Å². The van der Waals surface area contributed by atoms with Gasteiger partial charge in [0.1, 0.15) is 0 Å². The molecule has 0 aromatic rings. The molecule has 5 unspecified atom stereocenters. The summed E-state index contributed by atoms with van der Waals surface area (Å²) in [5.74, 6) is -0.0972. The minimum Gasteiger partial charge on any atom is -0.478 e. The van der Waals surface area contributed by atoms with E-state index in [1.54, 1.807) is 0 Å². The zero-order valence-electron chi connectivity index (χ0n) is 15.4. The van der Waals surface area contributed by atoms with Gasteiger partial charge in [-0.2, -0.15) is 0 Å². The molecule has 4 nitrogen and oxygen atoms in total. The highest BCUT2D eigenvalue weighted by Gasteiger charge is 2.59. The number of esters is 1. The first-order chi connectivity index (χ1) is 11.3. The summed E-state index contributed by atoms with van der Waals surface area (Å²) >= 11 is 0. The van der Waals surface area contributed by atoms with Gasteiger partial charge in [0.05, 0.1) is 12.5 Å².